The van der Waals surface area contributed by atoms with Gasteiger partial charge in [0.2, 0.25) is 5.91 Å². The van der Waals surface area contributed by atoms with Crippen molar-refractivity contribution < 1.29 is 4.79 Å². The highest BCUT2D eigenvalue weighted by atomic mass is 32.1. The molecule has 0 fully saturated rings. The van der Waals surface area contributed by atoms with Crippen LogP contribution in [0.2, 0.25) is 0 Å². The van der Waals surface area contributed by atoms with E-state index in [0.29, 0.717) is 12.5 Å². The molecule has 19 heavy (non-hydrogen) atoms. The molecule has 106 valence electrons. The van der Waals surface area contributed by atoms with E-state index in [1.807, 2.05) is 13.8 Å². The summed E-state index contributed by atoms with van der Waals surface area (Å²) in [6, 6.07) is 4.33. The molecule has 0 spiro atoms. The van der Waals surface area contributed by atoms with Gasteiger partial charge in [-0.25, -0.2) is 0 Å². The predicted octanol–water partition coefficient (Wildman–Crippen LogP) is 1.25. The Morgan fingerprint density at radius 1 is 1.37 bits per heavy atom. The van der Waals surface area contributed by atoms with Crippen LogP contribution in [0.15, 0.2) is 17.1 Å². The van der Waals surface area contributed by atoms with Crippen molar-refractivity contribution in [3.05, 3.63) is 21.9 Å². The van der Waals surface area contributed by atoms with Crippen LogP contribution in [0.1, 0.15) is 23.6 Å². The van der Waals surface area contributed by atoms with Crippen molar-refractivity contribution in [1.82, 2.24) is 16.0 Å². The van der Waals surface area contributed by atoms with Crippen LogP contribution in [-0.2, 0) is 11.3 Å². The maximum absolute atomic E-state index is 11.5. The lowest BCUT2D eigenvalue weighted by molar-refractivity contribution is -0.120. The van der Waals surface area contributed by atoms with Gasteiger partial charge in [0.15, 0.2) is 5.96 Å². The molecule has 0 aliphatic rings. The van der Waals surface area contributed by atoms with Crippen LogP contribution in [-0.4, -0.2) is 31.5 Å². The van der Waals surface area contributed by atoms with E-state index >= 15 is 0 Å². The Morgan fingerprint density at radius 2 is 2.11 bits per heavy atom. The fraction of sp³-hybridized carbons (Fsp3) is 0.538. The number of amides is 1. The van der Waals surface area contributed by atoms with Gasteiger partial charge in [0, 0.05) is 22.8 Å². The van der Waals surface area contributed by atoms with Crippen LogP contribution >= 0.6 is 11.3 Å². The van der Waals surface area contributed by atoms with E-state index < -0.39 is 0 Å². The molecule has 0 aromatic carbocycles. The van der Waals surface area contributed by atoms with Gasteiger partial charge < -0.3 is 16.0 Å². The third kappa shape index (κ3) is 6.24. The molecule has 0 aliphatic heterocycles. The van der Waals surface area contributed by atoms with Gasteiger partial charge in [-0.3, -0.25) is 9.79 Å². The Labute approximate surface area is 118 Å². The zero-order valence-corrected chi connectivity index (χ0v) is 12.7. The van der Waals surface area contributed by atoms with Crippen LogP contribution in [0.4, 0.5) is 0 Å². The van der Waals surface area contributed by atoms with E-state index in [0.717, 1.165) is 0 Å². The monoisotopic (exact) mass is 282 g/mol. The maximum Gasteiger partial charge on any atom is 0.239 e. The molecule has 1 amide bonds. The number of aliphatic imine (C=N–C) groups is 1. The number of carbonyl (C=O) groups is 1. The van der Waals surface area contributed by atoms with Crippen LogP contribution in [0.25, 0.3) is 0 Å². The van der Waals surface area contributed by atoms with Crippen LogP contribution < -0.4 is 16.0 Å². The number of hydrogen-bond acceptors (Lipinski definition) is 3. The fourth-order valence-electron chi connectivity index (χ4n) is 1.51. The quantitative estimate of drug-likeness (QED) is 0.562. The normalized spacial score (nSPS) is 11.5. The van der Waals surface area contributed by atoms with Gasteiger partial charge in [-0.1, -0.05) is 0 Å². The van der Waals surface area contributed by atoms with Gasteiger partial charge in [-0.2, -0.15) is 0 Å². The van der Waals surface area contributed by atoms with Crippen molar-refractivity contribution in [3.8, 4) is 0 Å². The Hall–Kier alpha value is -1.56. The van der Waals surface area contributed by atoms with E-state index in [2.05, 4.69) is 40.0 Å². The minimum atomic E-state index is -0.0371. The average Bonchev–Trinajstić information content (AvgIpc) is 2.74. The number of guanidine groups is 1. The van der Waals surface area contributed by atoms with Crippen LogP contribution in [0, 0.1) is 6.92 Å². The molecule has 0 radical (unpaired) electrons. The van der Waals surface area contributed by atoms with E-state index in [1.54, 1.807) is 18.4 Å². The molecule has 0 saturated heterocycles. The molecule has 0 unspecified atom stereocenters. The Bertz CT molecular complexity index is 440. The molecule has 0 atom stereocenters. The molecule has 1 rings (SSSR count). The third-order valence-corrected chi connectivity index (χ3v) is 3.32. The highest BCUT2D eigenvalue weighted by Gasteiger charge is 2.05. The second-order valence-electron chi connectivity index (χ2n) is 4.51. The first kappa shape index (κ1) is 15.5. The minimum Gasteiger partial charge on any atom is -0.352 e. The van der Waals surface area contributed by atoms with Gasteiger partial charge >= 0.3 is 0 Å². The number of carbonyl (C=O) groups excluding carboxylic acids is 1. The van der Waals surface area contributed by atoms with Crippen LogP contribution in [0.5, 0.6) is 0 Å². The lowest BCUT2D eigenvalue weighted by Crippen LogP contribution is -2.44. The molecule has 0 aliphatic carbocycles. The Kier molecular flexibility index (Phi) is 6.35. The zero-order chi connectivity index (χ0) is 14.3. The third-order valence-electron chi connectivity index (χ3n) is 2.32. The molecular weight excluding hydrogens is 260 g/mol. The summed E-state index contributed by atoms with van der Waals surface area (Å²) in [6.07, 6.45) is 0. The largest absolute Gasteiger partial charge is 0.352 e. The summed E-state index contributed by atoms with van der Waals surface area (Å²) in [6.45, 7) is 6.89. The molecule has 1 aromatic rings. The van der Waals surface area contributed by atoms with E-state index in [1.165, 1.54) is 9.75 Å². The molecule has 3 N–H and O–H groups in total. The first-order valence-corrected chi connectivity index (χ1v) is 7.12. The average molecular weight is 282 g/mol. The molecule has 1 aromatic heterocycles. The molecule has 0 saturated carbocycles. The highest BCUT2D eigenvalue weighted by molar-refractivity contribution is 7.11. The highest BCUT2D eigenvalue weighted by Crippen LogP contribution is 2.14. The first-order valence-electron chi connectivity index (χ1n) is 6.30. The summed E-state index contributed by atoms with van der Waals surface area (Å²) in [5, 5.41) is 8.98. The van der Waals surface area contributed by atoms with Gasteiger partial charge in [0.1, 0.15) is 0 Å². The number of thiophene rings is 1. The fourth-order valence-corrected chi connectivity index (χ4v) is 2.34. The lowest BCUT2D eigenvalue weighted by atomic mass is 10.4. The summed E-state index contributed by atoms with van der Waals surface area (Å²) in [5.41, 5.74) is 0. The Morgan fingerprint density at radius 3 is 2.63 bits per heavy atom. The molecule has 5 nitrogen and oxygen atoms in total. The standard InChI is InChI=1S/C13H22N4OS/c1-9(2)17-12(18)8-16-13(14-4)15-7-11-6-5-10(3)19-11/h5-6,9H,7-8H2,1-4H3,(H,17,18)(H2,14,15,16). The number of hydrogen-bond donors (Lipinski definition) is 3. The zero-order valence-electron chi connectivity index (χ0n) is 11.9. The predicted molar refractivity (Wildman–Crippen MR) is 80.5 cm³/mol. The van der Waals surface area contributed by atoms with Gasteiger partial charge in [-0.15, -0.1) is 11.3 Å². The summed E-state index contributed by atoms with van der Waals surface area (Å²) in [5.74, 6) is 0.592. The van der Waals surface area contributed by atoms with Crippen molar-refractivity contribution in [2.24, 2.45) is 4.99 Å². The van der Waals surface area contributed by atoms with Crippen LogP contribution in [0.3, 0.4) is 0 Å². The van der Waals surface area contributed by atoms with Gasteiger partial charge in [-0.05, 0) is 32.9 Å². The Balaban J connectivity index is 2.32. The number of nitrogens with zero attached hydrogens (tertiary/aromatic N) is 1. The molecule has 1 heterocycles. The van der Waals surface area contributed by atoms with Crippen molar-refractivity contribution >= 4 is 23.2 Å². The van der Waals surface area contributed by atoms with E-state index in [-0.39, 0.29) is 18.5 Å². The number of rotatable bonds is 5. The van der Waals surface area contributed by atoms with Crippen molar-refractivity contribution in [2.75, 3.05) is 13.6 Å². The summed E-state index contributed by atoms with van der Waals surface area (Å²) < 4.78 is 0. The van der Waals surface area contributed by atoms with Gasteiger partial charge in [0.05, 0.1) is 13.1 Å². The molecule has 6 heteroatoms. The van der Waals surface area contributed by atoms with E-state index in [9.17, 15) is 4.79 Å². The molecular formula is C13H22N4OS. The summed E-state index contributed by atoms with van der Waals surface area (Å²) >= 11 is 1.75. The number of aryl methyl sites for hydroxylation is 1. The van der Waals surface area contributed by atoms with Crippen molar-refractivity contribution in [2.45, 2.75) is 33.4 Å². The minimum absolute atomic E-state index is 0.0371. The van der Waals surface area contributed by atoms with Crippen molar-refractivity contribution in [1.29, 1.82) is 0 Å². The topological polar surface area (TPSA) is 65.5 Å². The van der Waals surface area contributed by atoms with Crippen molar-refractivity contribution in [3.63, 3.8) is 0 Å². The lowest BCUT2D eigenvalue weighted by Gasteiger charge is -2.12. The number of nitrogens with one attached hydrogen (secondary N) is 3. The first-order chi connectivity index (χ1) is 9.01. The summed E-state index contributed by atoms with van der Waals surface area (Å²) in [4.78, 5) is 18.1. The second kappa shape index (κ2) is 7.78. The smallest absolute Gasteiger partial charge is 0.239 e. The molecule has 0 bridgehead atoms. The summed E-state index contributed by atoms with van der Waals surface area (Å²) in [7, 11) is 1.69. The second-order valence-corrected chi connectivity index (χ2v) is 5.89. The maximum atomic E-state index is 11.5. The van der Waals surface area contributed by atoms with Gasteiger partial charge in [0.25, 0.3) is 0 Å². The van der Waals surface area contributed by atoms with E-state index in [4.69, 9.17) is 0 Å². The SMILES string of the molecule is CN=C(NCC(=O)NC(C)C)NCc1ccc(C)s1.